The minimum absolute atomic E-state index is 0.0522. The Labute approximate surface area is 304 Å². The number of hydrogen-bond acceptors (Lipinski definition) is 14. The lowest BCUT2D eigenvalue weighted by Gasteiger charge is -2.21. The highest BCUT2D eigenvalue weighted by Gasteiger charge is 2.19. The van der Waals surface area contributed by atoms with E-state index in [1.54, 1.807) is 58.0 Å². The smallest absolute Gasteiger partial charge is 0.220 e. The lowest BCUT2D eigenvalue weighted by molar-refractivity contribution is -0.121. The first kappa shape index (κ1) is 45.9. The molecule has 0 aliphatic heterocycles. The van der Waals surface area contributed by atoms with Gasteiger partial charge in [-0.3, -0.25) is 4.79 Å². The molecule has 2 aromatic rings. The van der Waals surface area contributed by atoms with E-state index >= 15 is 0 Å². The molecule has 286 valence electrons. The van der Waals surface area contributed by atoms with Crippen LogP contribution in [0.3, 0.4) is 0 Å². The summed E-state index contributed by atoms with van der Waals surface area (Å²) in [6.07, 6.45) is 3.41. The van der Waals surface area contributed by atoms with Crippen LogP contribution in [0.25, 0.3) is 0 Å². The van der Waals surface area contributed by atoms with Gasteiger partial charge < -0.3 is 59.9 Å². The molecule has 0 saturated carbocycles. The lowest BCUT2D eigenvalue weighted by Crippen LogP contribution is -2.29. The van der Waals surface area contributed by atoms with E-state index in [-0.39, 0.29) is 37.1 Å². The molecule has 0 aliphatic rings. The van der Waals surface area contributed by atoms with Gasteiger partial charge in [0.15, 0.2) is 0 Å². The van der Waals surface area contributed by atoms with Crippen LogP contribution in [0.5, 0.6) is 11.5 Å². The van der Waals surface area contributed by atoms with Gasteiger partial charge >= 0.3 is 0 Å². The van der Waals surface area contributed by atoms with Crippen LogP contribution in [-0.4, -0.2) is 116 Å². The molecule has 15 heteroatoms. The number of nitrogens with two attached hydrogens (primary N) is 1. The first-order chi connectivity index (χ1) is 24.2. The third-order valence-corrected chi connectivity index (χ3v) is 9.29. The average molecular weight is 747 g/mol. The van der Waals surface area contributed by atoms with Gasteiger partial charge in [0, 0.05) is 24.3 Å². The number of nitrogens with one attached hydrogen (secondary N) is 1. The van der Waals surface area contributed by atoms with Gasteiger partial charge in [0.1, 0.15) is 24.7 Å². The van der Waals surface area contributed by atoms with Gasteiger partial charge in [-0.1, -0.05) is 33.7 Å². The summed E-state index contributed by atoms with van der Waals surface area (Å²) in [5, 5.41) is 39.5. The first-order valence-electron chi connectivity index (χ1n) is 16.6. The van der Waals surface area contributed by atoms with E-state index in [0.717, 1.165) is 6.42 Å². The molecule has 0 atom stereocenters. The zero-order chi connectivity index (χ0) is 36.9. The molecule has 0 unspecified atom stereocenters. The molecule has 0 fully saturated rings. The van der Waals surface area contributed by atoms with Crippen molar-refractivity contribution in [1.82, 2.24) is 5.32 Å². The predicted molar refractivity (Wildman–Crippen MR) is 197 cm³/mol. The summed E-state index contributed by atoms with van der Waals surface area (Å²) >= 11 is 0. The minimum atomic E-state index is -0.104. The normalized spacial score (nSPS) is 11.2. The van der Waals surface area contributed by atoms with Gasteiger partial charge in [-0.05, 0) is 73.0 Å². The second-order valence-electron chi connectivity index (χ2n) is 11.4. The van der Waals surface area contributed by atoms with E-state index in [2.05, 4.69) is 19.2 Å². The Morgan fingerprint density at radius 1 is 0.660 bits per heavy atom. The summed E-state index contributed by atoms with van der Waals surface area (Å²) in [4.78, 5) is 11.8. The number of rotatable bonds is 28. The van der Waals surface area contributed by atoms with Gasteiger partial charge in [-0.2, -0.15) is 0 Å². The molecular formula is C35H58N2O11S2. The highest BCUT2D eigenvalue weighted by molar-refractivity contribution is 8.76. The van der Waals surface area contributed by atoms with Crippen LogP contribution < -0.4 is 20.5 Å². The molecule has 0 spiro atoms. The molecule has 0 saturated heterocycles. The van der Waals surface area contributed by atoms with Gasteiger partial charge in [-0.25, -0.2) is 0 Å². The third kappa shape index (κ3) is 23.3. The number of carbonyl (C=O) groups is 1. The van der Waals surface area contributed by atoms with E-state index in [1.807, 2.05) is 6.26 Å². The maximum atomic E-state index is 11.8. The van der Waals surface area contributed by atoms with E-state index in [1.165, 1.54) is 0 Å². The number of ether oxygens (including phenoxy) is 6. The molecule has 0 aromatic heterocycles. The Hall–Kier alpha value is -2.15. The fraction of sp³-hybridized carbons (Fsp3) is 0.629. The molecule has 2 aromatic carbocycles. The standard InChI is InChI=1S/C21H35NO6S2.C14H23NO5/c1-21(2,30-29-3)5-4-20(25)22-6-7-26-8-9-27-10-11-28-19-13-17(15-23)12-18(14-19)16-24;15-1-2-18-3-4-19-5-6-20-14-8-12(10-16)7-13(9-14)11-17/h12-14,23-24H,4-11,15-16H2,1-3H3,(H,22,25);7-9,16-17H,1-6,10-11,15H2. The molecule has 0 radical (unpaired) electrons. The van der Waals surface area contributed by atoms with Crippen molar-refractivity contribution in [1.29, 1.82) is 0 Å². The fourth-order valence-corrected chi connectivity index (χ4v) is 6.43. The maximum Gasteiger partial charge on any atom is 0.220 e. The van der Waals surface area contributed by atoms with E-state index in [9.17, 15) is 15.0 Å². The zero-order valence-electron chi connectivity index (χ0n) is 29.7. The maximum absolute atomic E-state index is 11.8. The Morgan fingerprint density at radius 2 is 1.06 bits per heavy atom. The third-order valence-electron chi connectivity index (χ3n) is 6.61. The minimum Gasteiger partial charge on any atom is -0.491 e. The molecule has 50 heavy (non-hydrogen) atoms. The molecule has 7 N–H and O–H groups in total. The van der Waals surface area contributed by atoms with Crippen molar-refractivity contribution >= 4 is 27.5 Å². The van der Waals surface area contributed by atoms with E-state index in [4.69, 9.17) is 44.4 Å². The van der Waals surface area contributed by atoms with Crippen LogP contribution >= 0.6 is 21.6 Å². The van der Waals surface area contributed by atoms with Crippen LogP contribution in [-0.2, 0) is 50.2 Å². The van der Waals surface area contributed by atoms with Crippen molar-refractivity contribution in [3.8, 4) is 11.5 Å². The van der Waals surface area contributed by atoms with Crippen LogP contribution in [0, 0.1) is 0 Å². The Balaban J connectivity index is 0.000000542. The summed E-state index contributed by atoms with van der Waals surface area (Å²) in [6.45, 7) is 9.44. The summed E-state index contributed by atoms with van der Waals surface area (Å²) in [6, 6.07) is 10.4. The Morgan fingerprint density at radius 3 is 1.46 bits per heavy atom. The van der Waals surface area contributed by atoms with Gasteiger partial charge in [0.2, 0.25) is 5.91 Å². The molecule has 0 heterocycles. The van der Waals surface area contributed by atoms with Gasteiger partial charge in [0.05, 0.1) is 79.3 Å². The van der Waals surface area contributed by atoms with Crippen molar-refractivity contribution in [3.63, 3.8) is 0 Å². The number of carbonyl (C=O) groups excluding carboxylic acids is 1. The van der Waals surface area contributed by atoms with Crippen LogP contribution in [0.4, 0.5) is 0 Å². The van der Waals surface area contributed by atoms with Crippen molar-refractivity contribution in [2.24, 2.45) is 5.73 Å². The van der Waals surface area contributed by atoms with Gasteiger partial charge in [-0.15, -0.1) is 0 Å². The Bertz CT molecular complexity index is 1120. The quantitative estimate of drug-likeness (QED) is 0.0551. The average Bonchev–Trinajstić information content (AvgIpc) is 3.12. The number of benzene rings is 2. The number of aliphatic hydroxyl groups excluding tert-OH is 4. The topological polar surface area (TPSA) is 191 Å². The van der Waals surface area contributed by atoms with Crippen molar-refractivity contribution in [2.75, 3.05) is 85.4 Å². The van der Waals surface area contributed by atoms with Crippen LogP contribution in [0.1, 0.15) is 48.9 Å². The van der Waals surface area contributed by atoms with Crippen molar-refractivity contribution in [2.45, 2.75) is 57.9 Å². The molecule has 0 aliphatic carbocycles. The summed E-state index contributed by atoms with van der Waals surface area (Å²) in [5.74, 6) is 1.26. The number of hydrogen-bond donors (Lipinski definition) is 6. The summed E-state index contributed by atoms with van der Waals surface area (Å²) in [7, 11) is 3.51. The molecule has 0 bridgehead atoms. The zero-order valence-corrected chi connectivity index (χ0v) is 31.4. The van der Waals surface area contributed by atoms with Crippen LogP contribution in [0.2, 0.25) is 0 Å². The Kier molecular flexibility index (Phi) is 27.0. The lowest BCUT2D eigenvalue weighted by atomic mass is 10.1. The molecule has 13 nitrogen and oxygen atoms in total. The van der Waals surface area contributed by atoms with E-state index in [0.29, 0.717) is 119 Å². The number of amides is 1. The monoisotopic (exact) mass is 746 g/mol. The first-order valence-corrected chi connectivity index (χ1v) is 19.2. The largest absolute Gasteiger partial charge is 0.491 e. The van der Waals surface area contributed by atoms with Gasteiger partial charge in [0.25, 0.3) is 0 Å². The van der Waals surface area contributed by atoms with Crippen LogP contribution in [0.15, 0.2) is 36.4 Å². The van der Waals surface area contributed by atoms with Crippen molar-refractivity contribution in [3.05, 3.63) is 58.7 Å². The second kappa shape index (κ2) is 29.4. The fourth-order valence-electron chi connectivity index (χ4n) is 4.19. The predicted octanol–water partition coefficient (Wildman–Crippen LogP) is 2.81. The summed E-state index contributed by atoms with van der Waals surface area (Å²) < 4.78 is 32.6. The highest BCUT2D eigenvalue weighted by Crippen LogP contribution is 2.36. The number of aliphatic hydroxyl groups is 4. The van der Waals surface area contributed by atoms with E-state index < -0.39 is 0 Å². The molecule has 1 amide bonds. The SMILES string of the molecule is CSSC(C)(C)CCC(=O)NCCOCCOCCOc1cc(CO)cc(CO)c1.NCCOCCOCCOc1cc(CO)cc(CO)c1. The summed E-state index contributed by atoms with van der Waals surface area (Å²) in [5.41, 5.74) is 8.09. The van der Waals surface area contributed by atoms with Crippen molar-refractivity contribution < 1.29 is 53.6 Å². The highest BCUT2D eigenvalue weighted by atomic mass is 33.1. The molecule has 2 rings (SSSR count). The molecular weight excluding hydrogens is 689 g/mol. The second-order valence-corrected chi connectivity index (χ2v) is 14.5.